The van der Waals surface area contributed by atoms with E-state index in [0.29, 0.717) is 12.0 Å². The summed E-state index contributed by atoms with van der Waals surface area (Å²) in [5.41, 5.74) is 5.95. The van der Waals surface area contributed by atoms with Crippen LogP contribution in [-0.4, -0.2) is 68.2 Å². The number of guanidine groups is 1. The first-order valence-electron chi connectivity index (χ1n) is 6.48. The van der Waals surface area contributed by atoms with Crippen molar-refractivity contribution >= 4 is 29.9 Å². The van der Waals surface area contributed by atoms with Gasteiger partial charge in [-0.1, -0.05) is 6.92 Å². The van der Waals surface area contributed by atoms with Gasteiger partial charge in [-0.3, -0.25) is 4.99 Å². The molecule has 1 unspecified atom stereocenters. The standard InChI is InChI=1S/C12H26N4O.HI/c1-4-11(2)15(3)6-5-14-12(13)16-7-9-17-10-8-16;/h11H,4-10H2,1-3H3,(H2,13,14);1H. The number of likely N-dealkylation sites (N-methyl/N-ethyl adjacent to an activating group) is 1. The minimum Gasteiger partial charge on any atom is -0.378 e. The van der Waals surface area contributed by atoms with Crippen LogP contribution < -0.4 is 5.73 Å². The summed E-state index contributed by atoms with van der Waals surface area (Å²) in [6.07, 6.45) is 1.17. The van der Waals surface area contributed by atoms with E-state index in [1.807, 2.05) is 0 Å². The molecule has 2 N–H and O–H groups in total. The zero-order chi connectivity index (χ0) is 12.7. The Labute approximate surface area is 128 Å². The number of hydrogen-bond acceptors (Lipinski definition) is 3. The fraction of sp³-hybridized carbons (Fsp3) is 0.917. The summed E-state index contributed by atoms with van der Waals surface area (Å²) in [7, 11) is 2.13. The Kier molecular flexibility index (Phi) is 9.76. The fourth-order valence-electron chi connectivity index (χ4n) is 1.75. The molecule has 5 nitrogen and oxygen atoms in total. The second kappa shape index (κ2) is 9.80. The van der Waals surface area contributed by atoms with Crippen LogP contribution in [0.15, 0.2) is 4.99 Å². The van der Waals surface area contributed by atoms with Crippen LogP contribution in [0.1, 0.15) is 20.3 Å². The second-order valence-electron chi connectivity index (χ2n) is 4.58. The van der Waals surface area contributed by atoms with Crippen molar-refractivity contribution in [3.63, 3.8) is 0 Å². The van der Waals surface area contributed by atoms with Gasteiger partial charge in [0.1, 0.15) is 0 Å². The Balaban J connectivity index is 0.00000289. The van der Waals surface area contributed by atoms with Crippen LogP contribution in [-0.2, 0) is 4.74 Å². The molecule has 6 heteroatoms. The molecule has 1 aliphatic heterocycles. The SMILES string of the molecule is CCC(C)N(C)CCN=C(N)N1CCOCC1.I. The lowest BCUT2D eigenvalue weighted by Crippen LogP contribution is -2.45. The van der Waals surface area contributed by atoms with Crippen molar-refractivity contribution in [2.45, 2.75) is 26.3 Å². The topological polar surface area (TPSA) is 54.1 Å². The quantitative estimate of drug-likeness (QED) is 0.446. The van der Waals surface area contributed by atoms with E-state index in [4.69, 9.17) is 10.5 Å². The summed E-state index contributed by atoms with van der Waals surface area (Å²) in [4.78, 5) is 8.83. The predicted octanol–water partition coefficient (Wildman–Crippen LogP) is 0.982. The van der Waals surface area contributed by atoms with E-state index in [-0.39, 0.29) is 24.0 Å². The molecule has 1 fully saturated rings. The molecule has 0 spiro atoms. The molecule has 0 saturated carbocycles. The number of halogens is 1. The molecule has 1 atom stereocenters. The van der Waals surface area contributed by atoms with Gasteiger partial charge in [-0.2, -0.15) is 0 Å². The minimum atomic E-state index is 0. The van der Waals surface area contributed by atoms with Gasteiger partial charge in [-0.25, -0.2) is 0 Å². The third-order valence-corrected chi connectivity index (χ3v) is 3.40. The predicted molar refractivity (Wildman–Crippen MR) is 86.7 cm³/mol. The molecule has 1 heterocycles. The summed E-state index contributed by atoms with van der Waals surface area (Å²) in [6.45, 7) is 9.38. The van der Waals surface area contributed by atoms with Gasteiger partial charge in [0.15, 0.2) is 5.96 Å². The fourth-order valence-corrected chi connectivity index (χ4v) is 1.75. The van der Waals surface area contributed by atoms with Gasteiger partial charge in [-0.05, 0) is 20.4 Å². The van der Waals surface area contributed by atoms with E-state index in [1.54, 1.807) is 0 Å². The summed E-state index contributed by atoms with van der Waals surface area (Å²) in [6, 6.07) is 0.606. The van der Waals surface area contributed by atoms with E-state index in [9.17, 15) is 0 Å². The van der Waals surface area contributed by atoms with Crippen molar-refractivity contribution in [1.82, 2.24) is 9.80 Å². The van der Waals surface area contributed by atoms with Crippen LogP contribution in [0.2, 0.25) is 0 Å². The lowest BCUT2D eigenvalue weighted by atomic mass is 10.2. The molecule has 0 bridgehead atoms. The van der Waals surface area contributed by atoms with Crippen LogP contribution in [0.25, 0.3) is 0 Å². The van der Waals surface area contributed by atoms with Crippen LogP contribution in [0.3, 0.4) is 0 Å². The third kappa shape index (κ3) is 6.19. The van der Waals surface area contributed by atoms with Crippen molar-refractivity contribution in [2.75, 3.05) is 46.4 Å². The highest BCUT2D eigenvalue weighted by atomic mass is 127. The number of morpholine rings is 1. The maximum Gasteiger partial charge on any atom is 0.191 e. The smallest absolute Gasteiger partial charge is 0.191 e. The lowest BCUT2D eigenvalue weighted by Gasteiger charge is -2.28. The van der Waals surface area contributed by atoms with Gasteiger partial charge in [-0.15, -0.1) is 24.0 Å². The molecule has 18 heavy (non-hydrogen) atoms. The molecule has 1 aliphatic rings. The Morgan fingerprint density at radius 3 is 2.61 bits per heavy atom. The minimum absolute atomic E-state index is 0. The average Bonchev–Trinajstić information content (AvgIpc) is 2.38. The Morgan fingerprint density at radius 1 is 1.44 bits per heavy atom. The first-order valence-corrected chi connectivity index (χ1v) is 6.48. The highest BCUT2D eigenvalue weighted by molar-refractivity contribution is 14.0. The van der Waals surface area contributed by atoms with Crippen molar-refractivity contribution in [2.24, 2.45) is 10.7 Å². The Hall–Kier alpha value is -0.0800. The van der Waals surface area contributed by atoms with Crippen LogP contribution in [0, 0.1) is 0 Å². The third-order valence-electron chi connectivity index (χ3n) is 3.40. The summed E-state index contributed by atoms with van der Waals surface area (Å²) in [5, 5.41) is 0. The molecule has 1 saturated heterocycles. The van der Waals surface area contributed by atoms with Crippen LogP contribution in [0.4, 0.5) is 0 Å². The van der Waals surface area contributed by atoms with E-state index < -0.39 is 0 Å². The van der Waals surface area contributed by atoms with Crippen molar-refractivity contribution in [1.29, 1.82) is 0 Å². The molecule has 0 aromatic carbocycles. The normalized spacial score (nSPS) is 18.7. The number of rotatable bonds is 5. The van der Waals surface area contributed by atoms with Gasteiger partial charge in [0.25, 0.3) is 0 Å². The summed E-state index contributed by atoms with van der Waals surface area (Å²) >= 11 is 0. The van der Waals surface area contributed by atoms with Gasteiger partial charge >= 0.3 is 0 Å². The van der Waals surface area contributed by atoms with E-state index in [1.165, 1.54) is 6.42 Å². The molecule has 1 rings (SSSR count). The van der Waals surface area contributed by atoms with Crippen molar-refractivity contribution in [3.05, 3.63) is 0 Å². The molecule has 0 aromatic rings. The highest BCUT2D eigenvalue weighted by Gasteiger charge is 2.12. The number of ether oxygens (including phenoxy) is 1. The van der Waals surface area contributed by atoms with Crippen molar-refractivity contribution in [3.8, 4) is 0 Å². The molecule has 0 radical (unpaired) electrons. The Morgan fingerprint density at radius 2 is 2.06 bits per heavy atom. The summed E-state index contributed by atoms with van der Waals surface area (Å²) < 4.78 is 5.28. The van der Waals surface area contributed by atoms with Crippen molar-refractivity contribution < 1.29 is 4.74 Å². The van der Waals surface area contributed by atoms with Gasteiger partial charge in [0.2, 0.25) is 0 Å². The maximum atomic E-state index is 5.95. The molecule has 0 amide bonds. The highest BCUT2D eigenvalue weighted by Crippen LogP contribution is 2.00. The number of nitrogens with zero attached hydrogens (tertiary/aromatic N) is 3. The van der Waals surface area contributed by atoms with Crippen LogP contribution in [0.5, 0.6) is 0 Å². The molecule has 0 aromatic heterocycles. The van der Waals surface area contributed by atoms with E-state index in [2.05, 4.69) is 35.7 Å². The maximum absolute atomic E-state index is 5.95. The van der Waals surface area contributed by atoms with Gasteiger partial charge < -0.3 is 20.3 Å². The molecule has 108 valence electrons. The molecular weight excluding hydrogens is 343 g/mol. The monoisotopic (exact) mass is 370 g/mol. The van der Waals surface area contributed by atoms with Gasteiger partial charge in [0.05, 0.1) is 19.8 Å². The molecule has 0 aliphatic carbocycles. The zero-order valence-electron chi connectivity index (χ0n) is 11.8. The lowest BCUT2D eigenvalue weighted by molar-refractivity contribution is 0.0674. The second-order valence-corrected chi connectivity index (χ2v) is 4.58. The van der Waals surface area contributed by atoms with E-state index >= 15 is 0 Å². The van der Waals surface area contributed by atoms with E-state index in [0.717, 1.165) is 39.4 Å². The Bertz CT molecular complexity index is 244. The number of nitrogens with two attached hydrogens (primary N) is 1. The first kappa shape index (κ1) is 17.9. The number of hydrogen-bond donors (Lipinski definition) is 1. The van der Waals surface area contributed by atoms with Crippen LogP contribution >= 0.6 is 24.0 Å². The largest absolute Gasteiger partial charge is 0.378 e. The first-order chi connectivity index (χ1) is 8.15. The van der Waals surface area contributed by atoms with Gasteiger partial charge in [0, 0.05) is 25.7 Å². The molecular formula is C12H27IN4O. The zero-order valence-corrected chi connectivity index (χ0v) is 14.1. The summed E-state index contributed by atoms with van der Waals surface area (Å²) in [5.74, 6) is 0.658. The number of aliphatic imine (C=N–C) groups is 1. The average molecular weight is 370 g/mol.